The first-order valence-corrected chi connectivity index (χ1v) is 7.89. The van der Waals surface area contributed by atoms with Crippen LogP contribution in [0.15, 0.2) is 30.3 Å². The Bertz CT molecular complexity index is 523. The third-order valence-electron chi connectivity index (χ3n) is 4.11. The van der Waals surface area contributed by atoms with E-state index in [1.807, 2.05) is 6.92 Å². The standard InChI is InChI=1S/C17H23NO5/c1-2-22-13-12-18-10-8-17(9-11-18,16(20)21)23-15(19)14-6-4-3-5-7-14/h3-7H,2,8-13H2,1H3,(H,20,21). The van der Waals surface area contributed by atoms with E-state index < -0.39 is 17.5 Å². The van der Waals surface area contributed by atoms with Crippen LogP contribution >= 0.6 is 0 Å². The van der Waals surface area contributed by atoms with E-state index in [0.29, 0.717) is 31.9 Å². The summed E-state index contributed by atoms with van der Waals surface area (Å²) in [6.07, 6.45) is 0.570. The fraction of sp³-hybridized carbons (Fsp3) is 0.529. The summed E-state index contributed by atoms with van der Waals surface area (Å²) in [6, 6.07) is 8.48. The topological polar surface area (TPSA) is 76.1 Å². The Hall–Kier alpha value is -1.92. The van der Waals surface area contributed by atoms with Gasteiger partial charge in [-0.2, -0.15) is 0 Å². The molecule has 0 unspecified atom stereocenters. The predicted octanol–water partition coefficient (Wildman–Crippen LogP) is 1.80. The van der Waals surface area contributed by atoms with Gasteiger partial charge in [0.2, 0.25) is 5.60 Å². The minimum Gasteiger partial charge on any atom is -0.478 e. The first kappa shape index (κ1) is 17.4. The lowest BCUT2D eigenvalue weighted by atomic mass is 9.91. The lowest BCUT2D eigenvalue weighted by Gasteiger charge is -2.38. The first-order chi connectivity index (χ1) is 11.1. The van der Waals surface area contributed by atoms with Gasteiger partial charge in [-0.1, -0.05) is 18.2 Å². The first-order valence-electron chi connectivity index (χ1n) is 7.89. The Morgan fingerprint density at radius 3 is 2.43 bits per heavy atom. The molecule has 2 rings (SSSR count). The number of nitrogens with zero attached hydrogens (tertiary/aromatic N) is 1. The summed E-state index contributed by atoms with van der Waals surface area (Å²) >= 11 is 0. The zero-order chi connectivity index (χ0) is 16.7. The lowest BCUT2D eigenvalue weighted by Crippen LogP contribution is -2.52. The molecule has 0 bridgehead atoms. The fourth-order valence-electron chi connectivity index (χ4n) is 2.65. The number of rotatable bonds is 7. The van der Waals surface area contributed by atoms with Crippen molar-refractivity contribution in [2.75, 3.05) is 32.8 Å². The number of carboxylic acid groups (broad SMARTS) is 1. The highest BCUT2D eigenvalue weighted by Crippen LogP contribution is 2.28. The summed E-state index contributed by atoms with van der Waals surface area (Å²) in [4.78, 5) is 26.0. The number of hydrogen-bond donors (Lipinski definition) is 1. The van der Waals surface area contributed by atoms with E-state index in [0.717, 1.165) is 6.54 Å². The summed E-state index contributed by atoms with van der Waals surface area (Å²) in [5, 5.41) is 9.56. The van der Waals surface area contributed by atoms with Crippen LogP contribution in [-0.2, 0) is 14.3 Å². The second kappa shape index (κ2) is 8.08. The Kier molecular flexibility index (Phi) is 6.12. The molecule has 1 fully saturated rings. The van der Waals surface area contributed by atoms with Crippen LogP contribution in [0.3, 0.4) is 0 Å². The second-order valence-corrected chi connectivity index (χ2v) is 5.59. The van der Waals surface area contributed by atoms with E-state index in [4.69, 9.17) is 9.47 Å². The zero-order valence-corrected chi connectivity index (χ0v) is 13.4. The molecule has 0 atom stereocenters. The fourth-order valence-corrected chi connectivity index (χ4v) is 2.65. The molecular formula is C17H23NO5. The SMILES string of the molecule is CCOCCN1CCC(OC(=O)c2ccccc2)(C(=O)O)CC1. The van der Waals surface area contributed by atoms with Gasteiger partial charge in [0.05, 0.1) is 12.2 Å². The average molecular weight is 321 g/mol. The molecule has 6 nitrogen and oxygen atoms in total. The largest absolute Gasteiger partial charge is 0.478 e. The highest BCUT2D eigenvalue weighted by Gasteiger charge is 2.45. The van der Waals surface area contributed by atoms with Gasteiger partial charge in [0.25, 0.3) is 0 Å². The van der Waals surface area contributed by atoms with Crippen LogP contribution < -0.4 is 0 Å². The van der Waals surface area contributed by atoms with E-state index in [1.54, 1.807) is 30.3 Å². The van der Waals surface area contributed by atoms with E-state index in [9.17, 15) is 14.7 Å². The molecule has 0 aliphatic carbocycles. The van der Waals surface area contributed by atoms with Crippen molar-refractivity contribution in [3.8, 4) is 0 Å². The number of aliphatic carboxylic acids is 1. The zero-order valence-electron chi connectivity index (χ0n) is 13.4. The molecule has 1 aliphatic heterocycles. The number of ether oxygens (including phenoxy) is 2. The summed E-state index contributed by atoms with van der Waals surface area (Å²) in [6.45, 7) is 5.13. The van der Waals surface area contributed by atoms with E-state index >= 15 is 0 Å². The van der Waals surface area contributed by atoms with Crippen molar-refractivity contribution in [3.05, 3.63) is 35.9 Å². The van der Waals surface area contributed by atoms with Crippen LogP contribution in [0, 0.1) is 0 Å². The third kappa shape index (κ3) is 4.53. The molecule has 0 amide bonds. The number of piperidine rings is 1. The number of carbonyl (C=O) groups excluding carboxylic acids is 1. The molecule has 1 N–H and O–H groups in total. The van der Waals surface area contributed by atoms with Gasteiger partial charge in [-0.3, -0.25) is 0 Å². The molecular weight excluding hydrogens is 298 g/mol. The van der Waals surface area contributed by atoms with Gasteiger partial charge in [0.1, 0.15) is 0 Å². The average Bonchev–Trinajstić information content (AvgIpc) is 2.57. The Labute approximate surface area is 136 Å². The number of benzene rings is 1. The molecule has 1 heterocycles. The minimum absolute atomic E-state index is 0.285. The highest BCUT2D eigenvalue weighted by molar-refractivity contribution is 5.92. The molecule has 1 aromatic carbocycles. The normalized spacial score (nSPS) is 17.6. The molecule has 1 saturated heterocycles. The number of carboxylic acids is 1. The molecule has 1 aliphatic rings. The van der Waals surface area contributed by atoms with Crippen LogP contribution in [0.4, 0.5) is 0 Å². The predicted molar refractivity (Wildman–Crippen MR) is 84.4 cm³/mol. The maximum absolute atomic E-state index is 12.2. The van der Waals surface area contributed by atoms with E-state index in [1.165, 1.54) is 0 Å². The maximum atomic E-state index is 12.2. The van der Waals surface area contributed by atoms with Crippen LogP contribution in [-0.4, -0.2) is 60.4 Å². The molecule has 0 spiro atoms. The van der Waals surface area contributed by atoms with Crippen LogP contribution in [0.1, 0.15) is 30.1 Å². The number of hydrogen-bond acceptors (Lipinski definition) is 5. The van der Waals surface area contributed by atoms with Crippen LogP contribution in [0.25, 0.3) is 0 Å². The monoisotopic (exact) mass is 321 g/mol. The van der Waals surface area contributed by atoms with Gasteiger partial charge in [0.15, 0.2) is 0 Å². The molecule has 0 radical (unpaired) electrons. The van der Waals surface area contributed by atoms with Crippen molar-refractivity contribution in [2.24, 2.45) is 0 Å². The van der Waals surface area contributed by atoms with Crippen LogP contribution in [0.2, 0.25) is 0 Å². The lowest BCUT2D eigenvalue weighted by molar-refractivity contribution is -0.164. The quantitative estimate of drug-likeness (QED) is 0.609. The van der Waals surface area contributed by atoms with Crippen molar-refractivity contribution < 1.29 is 24.2 Å². The molecule has 1 aromatic rings. The van der Waals surface area contributed by atoms with Crippen molar-refractivity contribution in [3.63, 3.8) is 0 Å². The third-order valence-corrected chi connectivity index (χ3v) is 4.11. The summed E-state index contributed by atoms with van der Waals surface area (Å²) in [5.74, 6) is -1.66. The second-order valence-electron chi connectivity index (χ2n) is 5.59. The Morgan fingerprint density at radius 2 is 1.87 bits per heavy atom. The minimum atomic E-state index is -1.44. The summed E-state index contributed by atoms with van der Waals surface area (Å²) in [7, 11) is 0. The Morgan fingerprint density at radius 1 is 1.22 bits per heavy atom. The van der Waals surface area contributed by atoms with Gasteiger partial charge >= 0.3 is 11.9 Å². The van der Waals surface area contributed by atoms with Gasteiger partial charge in [-0.05, 0) is 19.1 Å². The number of likely N-dealkylation sites (tertiary alicyclic amines) is 1. The Balaban J connectivity index is 1.96. The van der Waals surface area contributed by atoms with Crippen molar-refractivity contribution in [2.45, 2.75) is 25.4 Å². The smallest absolute Gasteiger partial charge is 0.348 e. The summed E-state index contributed by atoms with van der Waals surface area (Å²) < 4.78 is 10.7. The highest BCUT2D eigenvalue weighted by atomic mass is 16.6. The summed E-state index contributed by atoms with van der Waals surface area (Å²) in [5.41, 5.74) is -1.07. The molecule has 23 heavy (non-hydrogen) atoms. The van der Waals surface area contributed by atoms with Crippen molar-refractivity contribution in [1.82, 2.24) is 4.90 Å². The van der Waals surface area contributed by atoms with Gasteiger partial charge in [-0.15, -0.1) is 0 Å². The molecule has 126 valence electrons. The molecule has 6 heteroatoms. The van der Waals surface area contributed by atoms with Crippen LogP contribution in [0.5, 0.6) is 0 Å². The number of esters is 1. The van der Waals surface area contributed by atoms with Gasteiger partial charge < -0.3 is 19.5 Å². The van der Waals surface area contributed by atoms with Gasteiger partial charge in [0, 0.05) is 39.1 Å². The number of carbonyl (C=O) groups is 2. The van der Waals surface area contributed by atoms with Crippen molar-refractivity contribution >= 4 is 11.9 Å². The van der Waals surface area contributed by atoms with E-state index in [2.05, 4.69) is 4.90 Å². The van der Waals surface area contributed by atoms with E-state index in [-0.39, 0.29) is 12.8 Å². The maximum Gasteiger partial charge on any atom is 0.348 e. The molecule has 0 aromatic heterocycles. The van der Waals surface area contributed by atoms with Crippen molar-refractivity contribution in [1.29, 1.82) is 0 Å². The van der Waals surface area contributed by atoms with Gasteiger partial charge in [-0.25, -0.2) is 9.59 Å². The molecule has 0 saturated carbocycles.